The summed E-state index contributed by atoms with van der Waals surface area (Å²) in [6, 6.07) is 51.1. The van der Waals surface area contributed by atoms with Gasteiger partial charge in [0.05, 0.1) is 58.0 Å². The maximum absolute atomic E-state index is 18.8. The number of halogens is 5. The predicted molar refractivity (Wildman–Crippen MR) is 269 cm³/mol. The first-order valence-electron chi connectivity index (χ1n) is 23.6. The van der Waals surface area contributed by atoms with E-state index < -0.39 is 78.6 Å². The second-order valence-corrected chi connectivity index (χ2v) is 19.6. The van der Waals surface area contributed by atoms with Crippen molar-refractivity contribution in [1.82, 2.24) is 0 Å². The molecule has 74 heavy (non-hydrogen) atoms. The molecular formula is C57H51ClF4NO10P. The molecule has 2 aliphatic rings. The molecule has 2 heterocycles. The highest BCUT2D eigenvalue weighted by molar-refractivity contribution is 7.48. The van der Waals surface area contributed by atoms with E-state index in [9.17, 15) is 13.2 Å². The van der Waals surface area contributed by atoms with Gasteiger partial charge in [0, 0.05) is 16.1 Å². The molecule has 0 N–H and O–H groups in total. The van der Waals surface area contributed by atoms with Gasteiger partial charge in [-0.05, 0) is 58.1 Å². The van der Waals surface area contributed by atoms with Crippen molar-refractivity contribution in [3.8, 4) is 5.75 Å². The molecule has 1 amide bonds. The Labute approximate surface area is 431 Å². The van der Waals surface area contributed by atoms with Gasteiger partial charge in [0.2, 0.25) is 5.67 Å². The normalized spacial score (nSPS) is 20.9. The number of carbonyl (C=O) groups is 1. The van der Waals surface area contributed by atoms with Crippen LogP contribution in [-0.2, 0) is 86.8 Å². The summed E-state index contributed by atoms with van der Waals surface area (Å²) < 4.78 is 131. The summed E-state index contributed by atoms with van der Waals surface area (Å²) in [6.45, 7) is -1.00. The minimum Gasteiger partial charge on any atom is -0.496 e. The van der Waals surface area contributed by atoms with E-state index in [1.54, 1.807) is 84.9 Å². The van der Waals surface area contributed by atoms with Gasteiger partial charge in [-0.25, -0.2) is 8.96 Å². The van der Waals surface area contributed by atoms with Crippen molar-refractivity contribution in [2.24, 2.45) is 0 Å². The second kappa shape index (κ2) is 23.5. The highest BCUT2D eigenvalue weighted by atomic mass is 35.5. The lowest BCUT2D eigenvalue weighted by molar-refractivity contribution is -0.257. The molecule has 7 aromatic carbocycles. The van der Waals surface area contributed by atoms with E-state index >= 15 is 13.8 Å². The number of benzene rings is 7. The summed E-state index contributed by atoms with van der Waals surface area (Å²) in [4.78, 5) is 16.4. The number of carbonyl (C=O) groups excluding carboxylic acids is 1. The number of nitrogens with zero attached hydrogens (tertiary/aromatic N) is 1. The largest absolute Gasteiger partial charge is 0.496 e. The Morgan fingerprint density at radius 1 is 0.608 bits per heavy atom. The van der Waals surface area contributed by atoms with Crippen LogP contribution in [0.25, 0.3) is 0 Å². The molecule has 7 aromatic rings. The molecule has 2 aliphatic heterocycles. The monoisotopic (exact) mass is 1050 g/mol. The molecule has 0 spiro atoms. The van der Waals surface area contributed by atoms with E-state index in [1.807, 2.05) is 66.7 Å². The van der Waals surface area contributed by atoms with Crippen molar-refractivity contribution in [2.75, 3.05) is 18.6 Å². The lowest BCUT2D eigenvalue weighted by atomic mass is 9.88. The Hall–Kier alpha value is -6.23. The summed E-state index contributed by atoms with van der Waals surface area (Å²) in [5.74, 6) is -1.54. The van der Waals surface area contributed by atoms with Crippen molar-refractivity contribution in [3.05, 3.63) is 238 Å². The van der Waals surface area contributed by atoms with E-state index in [0.29, 0.717) is 28.8 Å². The number of rotatable bonds is 21. The first kappa shape index (κ1) is 52.6. The zero-order valence-electron chi connectivity index (χ0n) is 39.9. The maximum Gasteiger partial charge on any atom is 0.475 e. The Morgan fingerprint density at radius 2 is 1.09 bits per heavy atom. The van der Waals surface area contributed by atoms with Gasteiger partial charge in [-0.1, -0.05) is 169 Å². The molecule has 1 unspecified atom stereocenters. The summed E-state index contributed by atoms with van der Waals surface area (Å²) in [6.07, 6.45) is -12.8. The third kappa shape index (κ3) is 12.1. The quantitative estimate of drug-likeness (QED) is 0.0509. The van der Waals surface area contributed by atoms with E-state index in [4.69, 9.17) is 48.9 Å². The number of phosphoric ester groups is 1. The van der Waals surface area contributed by atoms with Gasteiger partial charge in [0.1, 0.15) is 30.2 Å². The molecule has 384 valence electrons. The van der Waals surface area contributed by atoms with Crippen LogP contribution in [-0.4, -0.2) is 50.3 Å². The van der Waals surface area contributed by atoms with E-state index in [2.05, 4.69) is 0 Å². The number of alkyl halides is 4. The van der Waals surface area contributed by atoms with Crippen LogP contribution >= 0.6 is 19.4 Å². The van der Waals surface area contributed by atoms with E-state index in [0.717, 1.165) is 22.1 Å². The molecule has 0 aliphatic carbocycles. The minimum atomic E-state index is -4.97. The number of methoxy groups -OCH3 is 1. The van der Waals surface area contributed by atoms with Gasteiger partial charge in [0.25, 0.3) is 5.91 Å². The van der Waals surface area contributed by atoms with E-state index in [-0.39, 0.29) is 50.4 Å². The number of hydrogen-bond donors (Lipinski definition) is 0. The van der Waals surface area contributed by atoms with Crippen molar-refractivity contribution in [1.29, 1.82) is 0 Å². The topological polar surface area (TPSA) is 111 Å². The van der Waals surface area contributed by atoms with Gasteiger partial charge < -0.3 is 23.7 Å². The zero-order chi connectivity index (χ0) is 51.7. The van der Waals surface area contributed by atoms with Crippen molar-refractivity contribution >= 4 is 31.0 Å². The number of phosphoric acid groups is 1. The molecule has 0 bridgehead atoms. The van der Waals surface area contributed by atoms with Crippen LogP contribution < -0.4 is 9.64 Å². The van der Waals surface area contributed by atoms with Crippen LogP contribution in [0.4, 0.5) is 23.2 Å². The summed E-state index contributed by atoms with van der Waals surface area (Å²) in [5.41, 5.74) is -2.56. The Balaban J connectivity index is 1.23. The average Bonchev–Trinajstić information content (AvgIpc) is 3.67. The first-order valence-corrected chi connectivity index (χ1v) is 25.5. The number of hydrogen-bond acceptors (Lipinski definition) is 10. The minimum absolute atomic E-state index is 0.00291. The fourth-order valence-electron chi connectivity index (χ4n) is 8.90. The Bertz CT molecular complexity index is 2960. The molecule has 11 nitrogen and oxygen atoms in total. The fourth-order valence-corrected chi connectivity index (χ4v) is 10.4. The smallest absolute Gasteiger partial charge is 0.475 e. The SMILES string of the molecule is COc1ccc(Cl)cc1C1(F)C(=O)N([C@@H]2O[C@H](COCc3ccccc3)[C@@H](OCc3ccccc3)[C@H](OCc3ccccc3)[C@H]2OP(=O)(OCc2ccccc2)OCc2ccccc2)c2cc(C(F)(F)F)ccc21. The summed E-state index contributed by atoms with van der Waals surface area (Å²) >= 11 is 6.47. The lowest BCUT2D eigenvalue weighted by Gasteiger charge is -2.48. The average molecular weight is 1050 g/mol. The summed E-state index contributed by atoms with van der Waals surface area (Å²) in [5, 5.41) is 0.00291. The zero-order valence-corrected chi connectivity index (χ0v) is 41.5. The Kier molecular flexibility index (Phi) is 16.7. The predicted octanol–water partition coefficient (Wildman–Crippen LogP) is 13.0. The Morgan fingerprint density at radius 3 is 1.59 bits per heavy atom. The maximum atomic E-state index is 18.8. The van der Waals surface area contributed by atoms with Gasteiger partial charge in [-0.2, -0.15) is 13.2 Å². The standard InChI is InChI=1S/C57H51ClF4NO10P/c1-66-49-30-28-45(58)32-47(49)56(59)46-29-27-44(57(60,61)62)31-48(46)63(55(56)64)54-53(73-74(65,70-36-42-23-13-5-14-24-42)71-37-43-25-15-6-16-26-43)52(69-35-41-21-11-4-12-22-41)51(68-34-40-19-9-3-10-20-40)50(72-54)38-67-33-39-17-7-2-8-18-39/h2-32,50-54H,33-38H2,1H3/t50-,51-,52+,53-,54-,56?/m1/s1. The molecule has 1 saturated heterocycles. The van der Waals surface area contributed by atoms with E-state index in [1.165, 1.54) is 25.3 Å². The van der Waals surface area contributed by atoms with Crippen LogP contribution in [0.3, 0.4) is 0 Å². The molecule has 6 atom stereocenters. The van der Waals surface area contributed by atoms with Crippen LogP contribution in [0.5, 0.6) is 5.75 Å². The number of fused-ring (bicyclic) bond motifs is 1. The number of amides is 1. The van der Waals surface area contributed by atoms with Gasteiger partial charge in [-0.15, -0.1) is 0 Å². The highest BCUT2D eigenvalue weighted by Gasteiger charge is 2.62. The number of anilines is 1. The van der Waals surface area contributed by atoms with Crippen molar-refractivity contribution in [3.63, 3.8) is 0 Å². The molecule has 0 radical (unpaired) electrons. The lowest BCUT2D eigenvalue weighted by Crippen LogP contribution is -2.66. The molecule has 1 fully saturated rings. The highest BCUT2D eigenvalue weighted by Crippen LogP contribution is 2.57. The molecule has 17 heteroatoms. The third-order valence-electron chi connectivity index (χ3n) is 12.5. The fraction of sp³-hybridized carbons (Fsp3) is 0.246. The molecule has 9 rings (SSSR count). The molecule has 0 aromatic heterocycles. The number of ether oxygens (including phenoxy) is 5. The second-order valence-electron chi connectivity index (χ2n) is 17.5. The van der Waals surface area contributed by atoms with Crippen LogP contribution in [0, 0.1) is 0 Å². The summed E-state index contributed by atoms with van der Waals surface area (Å²) in [7, 11) is -3.71. The van der Waals surface area contributed by atoms with Crippen LogP contribution in [0.1, 0.15) is 44.5 Å². The molecule has 0 saturated carbocycles. The first-order chi connectivity index (χ1) is 35.8. The van der Waals surface area contributed by atoms with Crippen LogP contribution in [0.2, 0.25) is 5.02 Å². The van der Waals surface area contributed by atoms with Crippen molar-refractivity contribution < 1.29 is 64.2 Å². The van der Waals surface area contributed by atoms with Gasteiger partial charge >= 0.3 is 14.0 Å². The molecular weight excluding hydrogens is 1000 g/mol. The van der Waals surface area contributed by atoms with Gasteiger partial charge in [0.15, 0.2) is 6.23 Å². The third-order valence-corrected chi connectivity index (χ3v) is 14.2. The van der Waals surface area contributed by atoms with Gasteiger partial charge in [-0.3, -0.25) is 23.3 Å². The van der Waals surface area contributed by atoms with Crippen molar-refractivity contribution in [2.45, 2.75) is 75.5 Å². The van der Waals surface area contributed by atoms with Crippen LogP contribution in [0.15, 0.2) is 188 Å².